The van der Waals surface area contributed by atoms with E-state index < -0.39 is 0 Å². The van der Waals surface area contributed by atoms with Crippen molar-refractivity contribution in [2.24, 2.45) is 0 Å². The Morgan fingerprint density at radius 2 is 1.78 bits per heavy atom. The number of hydrogen-bond donors (Lipinski definition) is 0. The molecule has 1 saturated heterocycles. The first-order valence-electron chi connectivity index (χ1n) is 9.32. The van der Waals surface area contributed by atoms with Crippen LogP contribution in [0.4, 0.5) is 5.82 Å². The lowest BCUT2D eigenvalue weighted by atomic mass is 10.1. The Morgan fingerprint density at radius 1 is 0.963 bits per heavy atom. The van der Waals surface area contributed by atoms with Crippen LogP contribution in [0.1, 0.15) is 29.6 Å². The third kappa shape index (κ3) is 3.60. The van der Waals surface area contributed by atoms with Gasteiger partial charge in [-0.15, -0.1) is 0 Å². The number of piperidine rings is 1. The Labute approximate surface area is 158 Å². The molecule has 6 heteroatoms. The first-order chi connectivity index (χ1) is 13.1. The number of carbonyl (C=O) groups excluding carboxylic acids is 1. The van der Waals surface area contributed by atoms with Gasteiger partial charge >= 0.3 is 0 Å². The van der Waals surface area contributed by atoms with E-state index in [9.17, 15) is 4.79 Å². The molecule has 0 spiro atoms. The van der Waals surface area contributed by atoms with Crippen LogP contribution in [0.3, 0.4) is 0 Å². The number of pyridine rings is 1. The summed E-state index contributed by atoms with van der Waals surface area (Å²) in [5, 5.41) is 0. The van der Waals surface area contributed by atoms with Gasteiger partial charge in [-0.05, 0) is 49.6 Å². The van der Waals surface area contributed by atoms with E-state index in [-0.39, 0.29) is 5.91 Å². The highest BCUT2D eigenvalue weighted by molar-refractivity contribution is 5.97. The topological polar surface area (TPSA) is 62.2 Å². The van der Waals surface area contributed by atoms with E-state index in [1.165, 1.54) is 6.42 Å². The molecule has 2 aromatic heterocycles. The molecule has 3 heterocycles. The van der Waals surface area contributed by atoms with Crippen LogP contribution in [-0.2, 0) is 0 Å². The number of anilines is 1. The highest BCUT2D eigenvalue weighted by Crippen LogP contribution is 2.22. The number of benzene rings is 1. The second-order valence-corrected chi connectivity index (χ2v) is 7.11. The van der Waals surface area contributed by atoms with Gasteiger partial charge in [-0.25, -0.2) is 9.97 Å². The van der Waals surface area contributed by atoms with Gasteiger partial charge < -0.3 is 9.80 Å². The number of amides is 1. The van der Waals surface area contributed by atoms with E-state index >= 15 is 0 Å². The molecule has 27 heavy (non-hydrogen) atoms. The van der Waals surface area contributed by atoms with Gasteiger partial charge in [-0.2, -0.15) is 0 Å². The highest BCUT2D eigenvalue weighted by Gasteiger charge is 2.18. The maximum atomic E-state index is 12.8. The number of likely N-dealkylation sites (tertiary alicyclic amines) is 1. The van der Waals surface area contributed by atoms with Crippen molar-refractivity contribution in [1.29, 1.82) is 0 Å². The Hall–Kier alpha value is -3.02. The Balaban J connectivity index is 1.65. The van der Waals surface area contributed by atoms with Gasteiger partial charge in [0.1, 0.15) is 5.82 Å². The molecule has 0 aliphatic carbocycles. The minimum Gasteiger partial charge on any atom is -0.363 e. The van der Waals surface area contributed by atoms with Gasteiger partial charge in [0.05, 0.1) is 22.9 Å². The van der Waals surface area contributed by atoms with Crippen LogP contribution in [0.2, 0.25) is 0 Å². The van der Waals surface area contributed by atoms with Crippen LogP contribution in [-0.4, -0.2) is 52.9 Å². The minimum atomic E-state index is 0.0841. The molecule has 0 saturated carbocycles. The first kappa shape index (κ1) is 17.4. The lowest BCUT2D eigenvalue weighted by molar-refractivity contribution is 0.0724. The second kappa shape index (κ2) is 7.31. The molecule has 4 rings (SSSR count). The highest BCUT2D eigenvalue weighted by atomic mass is 16.2. The number of carbonyl (C=O) groups is 1. The number of rotatable bonds is 3. The van der Waals surface area contributed by atoms with Crippen molar-refractivity contribution < 1.29 is 4.79 Å². The van der Waals surface area contributed by atoms with Crippen molar-refractivity contribution in [2.75, 3.05) is 32.1 Å². The van der Waals surface area contributed by atoms with E-state index in [0.717, 1.165) is 54.0 Å². The fraction of sp³-hybridized carbons (Fsp3) is 0.333. The van der Waals surface area contributed by atoms with Crippen LogP contribution >= 0.6 is 0 Å². The lowest BCUT2D eigenvalue weighted by Crippen LogP contribution is -2.35. The summed E-state index contributed by atoms with van der Waals surface area (Å²) in [5.74, 6) is 0.975. The average molecular weight is 361 g/mol. The zero-order valence-corrected chi connectivity index (χ0v) is 15.7. The standard InChI is InChI=1S/C21H23N5O/c1-25(2)20-9-7-16(13-23-20)19-14-22-17-8-6-15(12-18(17)24-19)21(27)26-10-4-3-5-11-26/h6-9,12-14H,3-5,10-11H2,1-2H3. The predicted octanol–water partition coefficient (Wildman–Crippen LogP) is 3.38. The average Bonchev–Trinajstić information content (AvgIpc) is 2.73. The van der Waals surface area contributed by atoms with E-state index in [1.54, 1.807) is 12.4 Å². The molecule has 0 bridgehead atoms. The third-order valence-corrected chi connectivity index (χ3v) is 4.93. The van der Waals surface area contributed by atoms with Crippen LogP contribution in [0.15, 0.2) is 42.7 Å². The van der Waals surface area contributed by atoms with Gasteiger partial charge in [0.15, 0.2) is 0 Å². The monoisotopic (exact) mass is 361 g/mol. The van der Waals surface area contributed by atoms with Gasteiger partial charge in [-0.1, -0.05) is 0 Å². The summed E-state index contributed by atoms with van der Waals surface area (Å²) in [4.78, 5) is 30.3. The molecule has 1 aliphatic heterocycles. The van der Waals surface area contributed by atoms with Crippen LogP contribution in [0.5, 0.6) is 0 Å². The van der Waals surface area contributed by atoms with Crippen molar-refractivity contribution in [1.82, 2.24) is 19.9 Å². The molecular formula is C21H23N5O. The number of hydrogen-bond acceptors (Lipinski definition) is 5. The van der Waals surface area contributed by atoms with Gasteiger partial charge in [-0.3, -0.25) is 9.78 Å². The summed E-state index contributed by atoms with van der Waals surface area (Å²) >= 11 is 0. The molecular weight excluding hydrogens is 338 g/mol. The van der Waals surface area contributed by atoms with Crippen molar-refractivity contribution >= 4 is 22.8 Å². The molecule has 0 unspecified atom stereocenters. The van der Waals surface area contributed by atoms with Crippen molar-refractivity contribution in [3.63, 3.8) is 0 Å². The fourth-order valence-electron chi connectivity index (χ4n) is 3.37. The van der Waals surface area contributed by atoms with E-state index in [4.69, 9.17) is 4.98 Å². The number of aromatic nitrogens is 3. The smallest absolute Gasteiger partial charge is 0.253 e. The molecule has 138 valence electrons. The summed E-state index contributed by atoms with van der Waals surface area (Å²) in [6.45, 7) is 1.68. The quantitative estimate of drug-likeness (QED) is 0.716. The van der Waals surface area contributed by atoms with E-state index in [1.807, 2.05) is 54.2 Å². The van der Waals surface area contributed by atoms with Gasteiger partial charge in [0.2, 0.25) is 0 Å². The van der Waals surface area contributed by atoms with Crippen LogP contribution in [0.25, 0.3) is 22.3 Å². The summed E-state index contributed by atoms with van der Waals surface area (Å²) < 4.78 is 0. The predicted molar refractivity (Wildman–Crippen MR) is 107 cm³/mol. The van der Waals surface area contributed by atoms with Crippen molar-refractivity contribution in [3.05, 3.63) is 48.3 Å². The maximum absolute atomic E-state index is 12.8. The van der Waals surface area contributed by atoms with Crippen LogP contribution < -0.4 is 4.90 Å². The summed E-state index contributed by atoms with van der Waals surface area (Å²) in [6, 6.07) is 9.51. The second-order valence-electron chi connectivity index (χ2n) is 7.11. The molecule has 6 nitrogen and oxygen atoms in total. The fourth-order valence-corrected chi connectivity index (χ4v) is 3.37. The summed E-state index contributed by atoms with van der Waals surface area (Å²) in [5.41, 5.74) is 3.85. The molecule has 1 fully saturated rings. The maximum Gasteiger partial charge on any atom is 0.253 e. The molecule has 1 aromatic carbocycles. The molecule has 0 atom stereocenters. The lowest BCUT2D eigenvalue weighted by Gasteiger charge is -2.26. The van der Waals surface area contributed by atoms with Gasteiger partial charge in [0, 0.05) is 44.5 Å². The van der Waals surface area contributed by atoms with E-state index in [2.05, 4.69) is 9.97 Å². The SMILES string of the molecule is CN(C)c1ccc(-c2cnc3ccc(C(=O)N4CCCCC4)cc3n2)cn1. The minimum absolute atomic E-state index is 0.0841. The number of fused-ring (bicyclic) bond motifs is 1. The Kier molecular flexibility index (Phi) is 4.71. The third-order valence-electron chi connectivity index (χ3n) is 4.93. The van der Waals surface area contributed by atoms with Crippen molar-refractivity contribution in [3.8, 4) is 11.3 Å². The molecule has 0 radical (unpaired) electrons. The van der Waals surface area contributed by atoms with E-state index in [0.29, 0.717) is 5.56 Å². The zero-order chi connectivity index (χ0) is 18.8. The molecule has 1 amide bonds. The largest absolute Gasteiger partial charge is 0.363 e. The molecule has 1 aliphatic rings. The van der Waals surface area contributed by atoms with Crippen LogP contribution in [0, 0.1) is 0 Å². The zero-order valence-electron chi connectivity index (χ0n) is 15.7. The molecule has 3 aromatic rings. The first-order valence-corrected chi connectivity index (χ1v) is 9.32. The normalized spacial score (nSPS) is 14.4. The summed E-state index contributed by atoms with van der Waals surface area (Å²) in [6.07, 6.45) is 6.92. The Bertz CT molecular complexity index is 962. The number of nitrogens with zero attached hydrogens (tertiary/aromatic N) is 5. The summed E-state index contributed by atoms with van der Waals surface area (Å²) in [7, 11) is 3.91. The molecule has 0 N–H and O–H groups in total. The van der Waals surface area contributed by atoms with Gasteiger partial charge in [0.25, 0.3) is 5.91 Å². The van der Waals surface area contributed by atoms with Crippen molar-refractivity contribution in [2.45, 2.75) is 19.3 Å². The Morgan fingerprint density at radius 3 is 2.48 bits per heavy atom.